The SMILES string of the molecule is COc1ccc(-c2cccc(C(F)(F)F)c2)c(C(=O)O)n1. The van der Waals surface area contributed by atoms with Crippen LogP contribution >= 0.6 is 0 Å². The number of carbonyl (C=O) groups is 1. The third-order valence-electron chi connectivity index (χ3n) is 2.78. The average Bonchev–Trinajstić information content (AvgIpc) is 2.45. The summed E-state index contributed by atoms with van der Waals surface area (Å²) in [5.41, 5.74) is -1.01. The number of carboxylic acids is 1. The minimum absolute atomic E-state index is 0.0723. The molecule has 1 aromatic heterocycles. The minimum Gasteiger partial charge on any atom is -0.481 e. The number of aromatic carboxylic acids is 1. The highest BCUT2D eigenvalue weighted by Crippen LogP contribution is 2.33. The number of carboxylic acid groups (broad SMARTS) is 1. The lowest BCUT2D eigenvalue weighted by Crippen LogP contribution is -2.07. The smallest absolute Gasteiger partial charge is 0.416 e. The molecule has 0 aliphatic carbocycles. The van der Waals surface area contributed by atoms with E-state index in [-0.39, 0.29) is 22.7 Å². The molecule has 0 spiro atoms. The predicted molar refractivity (Wildman–Crippen MR) is 68.2 cm³/mol. The molecule has 1 aromatic carbocycles. The van der Waals surface area contributed by atoms with E-state index in [1.165, 1.54) is 31.4 Å². The van der Waals surface area contributed by atoms with Gasteiger partial charge in [0.05, 0.1) is 12.7 Å². The third kappa shape index (κ3) is 3.13. The average molecular weight is 297 g/mol. The van der Waals surface area contributed by atoms with Gasteiger partial charge in [0.15, 0.2) is 5.69 Å². The molecule has 0 aliphatic heterocycles. The first kappa shape index (κ1) is 14.8. The van der Waals surface area contributed by atoms with E-state index >= 15 is 0 Å². The number of hydrogen-bond acceptors (Lipinski definition) is 3. The van der Waals surface area contributed by atoms with Crippen molar-refractivity contribution in [3.05, 3.63) is 47.7 Å². The first-order valence-electron chi connectivity index (χ1n) is 5.79. The highest BCUT2D eigenvalue weighted by atomic mass is 19.4. The summed E-state index contributed by atoms with van der Waals surface area (Å²) >= 11 is 0. The van der Waals surface area contributed by atoms with Crippen LogP contribution in [-0.4, -0.2) is 23.2 Å². The minimum atomic E-state index is -4.50. The van der Waals surface area contributed by atoms with Gasteiger partial charge in [-0.2, -0.15) is 13.2 Å². The number of methoxy groups -OCH3 is 1. The van der Waals surface area contributed by atoms with E-state index in [0.29, 0.717) is 0 Å². The highest BCUT2D eigenvalue weighted by molar-refractivity contribution is 5.94. The summed E-state index contributed by atoms with van der Waals surface area (Å²) in [6.07, 6.45) is -4.50. The first-order valence-corrected chi connectivity index (χ1v) is 5.79. The normalized spacial score (nSPS) is 11.2. The summed E-state index contributed by atoms with van der Waals surface area (Å²) in [7, 11) is 1.32. The molecule has 0 atom stereocenters. The van der Waals surface area contributed by atoms with Crippen molar-refractivity contribution in [2.75, 3.05) is 7.11 Å². The van der Waals surface area contributed by atoms with E-state index in [9.17, 15) is 18.0 Å². The molecular formula is C14H10F3NO3. The maximum atomic E-state index is 12.7. The number of hydrogen-bond donors (Lipinski definition) is 1. The fourth-order valence-electron chi connectivity index (χ4n) is 1.81. The van der Waals surface area contributed by atoms with Gasteiger partial charge in [0, 0.05) is 11.6 Å². The lowest BCUT2D eigenvalue weighted by Gasteiger charge is -2.11. The van der Waals surface area contributed by atoms with Crippen molar-refractivity contribution in [3.8, 4) is 17.0 Å². The van der Waals surface area contributed by atoms with Crippen LogP contribution in [0.5, 0.6) is 5.88 Å². The molecule has 0 amide bonds. The highest BCUT2D eigenvalue weighted by Gasteiger charge is 2.30. The van der Waals surface area contributed by atoms with Gasteiger partial charge >= 0.3 is 12.1 Å². The summed E-state index contributed by atoms with van der Waals surface area (Å²) in [5, 5.41) is 9.14. The van der Waals surface area contributed by atoms with Crippen LogP contribution in [0.1, 0.15) is 16.1 Å². The van der Waals surface area contributed by atoms with Gasteiger partial charge in [-0.15, -0.1) is 0 Å². The molecule has 4 nitrogen and oxygen atoms in total. The molecule has 0 saturated carbocycles. The number of pyridine rings is 1. The summed E-state index contributed by atoms with van der Waals surface area (Å²) in [5.74, 6) is -1.27. The molecule has 7 heteroatoms. The van der Waals surface area contributed by atoms with Crippen LogP contribution < -0.4 is 4.74 Å². The number of ether oxygens (including phenoxy) is 1. The summed E-state index contributed by atoms with van der Waals surface area (Å²) in [4.78, 5) is 15.0. The monoisotopic (exact) mass is 297 g/mol. The quantitative estimate of drug-likeness (QED) is 0.942. The second-order valence-corrected chi connectivity index (χ2v) is 4.13. The number of benzene rings is 1. The fraction of sp³-hybridized carbons (Fsp3) is 0.143. The Balaban J connectivity index is 2.59. The molecule has 0 bridgehead atoms. The number of alkyl halides is 3. The number of nitrogens with zero attached hydrogens (tertiary/aromatic N) is 1. The van der Waals surface area contributed by atoms with Crippen LogP contribution in [0, 0.1) is 0 Å². The van der Waals surface area contributed by atoms with E-state index in [2.05, 4.69) is 4.98 Å². The Hall–Kier alpha value is -2.57. The molecule has 2 aromatic rings. The molecule has 1 heterocycles. The van der Waals surface area contributed by atoms with Crippen molar-refractivity contribution in [3.63, 3.8) is 0 Å². The van der Waals surface area contributed by atoms with Gasteiger partial charge in [0.25, 0.3) is 0 Å². The van der Waals surface area contributed by atoms with Gasteiger partial charge in [-0.3, -0.25) is 0 Å². The van der Waals surface area contributed by atoms with Crippen molar-refractivity contribution in [2.24, 2.45) is 0 Å². The van der Waals surface area contributed by atoms with E-state index < -0.39 is 17.7 Å². The molecule has 21 heavy (non-hydrogen) atoms. The van der Waals surface area contributed by atoms with Crippen molar-refractivity contribution in [2.45, 2.75) is 6.18 Å². The second-order valence-electron chi connectivity index (χ2n) is 4.13. The molecule has 0 saturated heterocycles. The third-order valence-corrected chi connectivity index (χ3v) is 2.78. The number of rotatable bonds is 3. The van der Waals surface area contributed by atoms with Gasteiger partial charge in [0.1, 0.15) is 0 Å². The largest absolute Gasteiger partial charge is 0.481 e. The summed E-state index contributed by atoms with van der Waals surface area (Å²) in [6, 6.07) is 7.17. The molecule has 110 valence electrons. The molecular weight excluding hydrogens is 287 g/mol. The van der Waals surface area contributed by atoms with Crippen LogP contribution in [0.2, 0.25) is 0 Å². The molecule has 0 unspecified atom stereocenters. The first-order chi connectivity index (χ1) is 9.82. The molecule has 2 rings (SSSR count). The van der Waals surface area contributed by atoms with Crippen LogP contribution in [0.4, 0.5) is 13.2 Å². The Bertz CT molecular complexity index is 683. The topological polar surface area (TPSA) is 59.4 Å². The number of halogens is 3. The van der Waals surface area contributed by atoms with Crippen molar-refractivity contribution < 1.29 is 27.8 Å². The van der Waals surface area contributed by atoms with Gasteiger partial charge < -0.3 is 9.84 Å². The van der Waals surface area contributed by atoms with E-state index in [4.69, 9.17) is 9.84 Å². The van der Waals surface area contributed by atoms with Crippen LogP contribution in [0.15, 0.2) is 36.4 Å². The molecule has 0 radical (unpaired) electrons. The summed E-state index contributed by atoms with van der Waals surface area (Å²) < 4.78 is 42.9. The maximum Gasteiger partial charge on any atom is 0.416 e. The van der Waals surface area contributed by atoms with Crippen LogP contribution in [0.3, 0.4) is 0 Å². The standard InChI is InChI=1S/C14H10F3NO3/c1-21-11-6-5-10(12(18-11)13(19)20)8-3-2-4-9(7-8)14(15,16)17/h2-7H,1H3,(H,19,20). The van der Waals surface area contributed by atoms with E-state index in [0.717, 1.165) is 12.1 Å². The van der Waals surface area contributed by atoms with Crippen molar-refractivity contribution >= 4 is 5.97 Å². The zero-order valence-corrected chi connectivity index (χ0v) is 10.8. The van der Waals surface area contributed by atoms with Crippen LogP contribution in [-0.2, 0) is 6.18 Å². The molecule has 0 fully saturated rings. The Labute approximate surface area is 117 Å². The lowest BCUT2D eigenvalue weighted by atomic mass is 10.0. The predicted octanol–water partition coefficient (Wildman–Crippen LogP) is 3.47. The molecule has 1 N–H and O–H groups in total. The van der Waals surface area contributed by atoms with Gasteiger partial charge in [0.2, 0.25) is 5.88 Å². The Morgan fingerprint density at radius 3 is 2.52 bits per heavy atom. The zero-order chi connectivity index (χ0) is 15.6. The lowest BCUT2D eigenvalue weighted by molar-refractivity contribution is -0.137. The van der Waals surface area contributed by atoms with Gasteiger partial charge in [-0.1, -0.05) is 12.1 Å². The second kappa shape index (κ2) is 5.43. The van der Waals surface area contributed by atoms with Crippen molar-refractivity contribution in [1.82, 2.24) is 4.98 Å². The van der Waals surface area contributed by atoms with E-state index in [1.54, 1.807) is 0 Å². The maximum absolute atomic E-state index is 12.7. The van der Waals surface area contributed by atoms with E-state index in [1.807, 2.05) is 0 Å². The Morgan fingerprint density at radius 2 is 1.95 bits per heavy atom. The Morgan fingerprint density at radius 1 is 1.24 bits per heavy atom. The summed E-state index contributed by atoms with van der Waals surface area (Å²) in [6.45, 7) is 0. The van der Waals surface area contributed by atoms with Crippen LogP contribution in [0.25, 0.3) is 11.1 Å². The zero-order valence-electron chi connectivity index (χ0n) is 10.8. The molecule has 0 aliphatic rings. The fourth-order valence-corrected chi connectivity index (χ4v) is 1.81. The van der Waals surface area contributed by atoms with Gasteiger partial charge in [-0.05, 0) is 23.8 Å². The Kier molecular flexibility index (Phi) is 3.84. The number of aromatic nitrogens is 1. The van der Waals surface area contributed by atoms with Crippen molar-refractivity contribution in [1.29, 1.82) is 0 Å². The van der Waals surface area contributed by atoms with Gasteiger partial charge in [-0.25, -0.2) is 9.78 Å².